The fourth-order valence-corrected chi connectivity index (χ4v) is 2.62. The fourth-order valence-electron chi connectivity index (χ4n) is 2.62. The zero-order valence-corrected chi connectivity index (χ0v) is 13.2. The Hall–Kier alpha value is -3.48. The fraction of sp³-hybridized carbons (Fsp3) is 0.111. The summed E-state index contributed by atoms with van der Waals surface area (Å²) >= 11 is 0. The van der Waals surface area contributed by atoms with Gasteiger partial charge in [-0.05, 0) is 42.3 Å². The van der Waals surface area contributed by atoms with E-state index in [1.807, 2.05) is 30.3 Å². The molecular weight excluding hydrogens is 320 g/mol. The minimum atomic E-state index is -0.582. The van der Waals surface area contributed by atoms with Crippen LogP contribution in [-0.4, -0.2) is 26.9 Å². The highest BCUT2D eigenvalue weighted by molar-refractivity contribution is 5.94. The number of carbonyl (C=O) groups is 2. The predicted octanol–water partition coefficient (Wildman–Crippen LogP) is 2.37. The lowest BCUT2D eigenvalue weighted by Gasteiger charge is -2.17. The van der Waals surface area contributed by atoms with Crippen molar-refractivity contribution in [3.8, 4) is 11.4 Å². The Bertz CT molecular complexity index is 950. The van der Waals surface area contributed by atoms with Gasteiger partial charge in [-0.3, -0.25) is 4.79 Å². The molecule has 0 fully saturated rings. The van der Waals surface area contributed by atoms with Gasteiger partial charge in [0.1, 0.15) is 5.75 Å². The molecule has 7 nitrogen and oxygen atoms in total. The smallest absolute Gasteiger partial charge is 0.365 e. The Morgan fingerprint density at radius 3 is 2.80 bits per heavy atom. The van der Waals surface area contributed by atoms with Gasteiger partial charge in [-0.2, -0.15) is 9.90 Å². The number of anilines is 1. The van der Waals surface area contributed by atoms with Crippen molar-refractivity contribution in [2.75, 3.05) is 5.32 Å². The molecule has 2 aromatic carbocycles. The highest BCUT2D eigenvalue weighted by atomic mass is 16.5. The van der Waals surface area contributed by atoms with E-state index in [9.17, 15) is 9.59 Å². The lowest BCUT2D eigenvalue weighted by molar-refractivity contribution is -0.116. The SMILES string of the molecule is O=C1CCc2cc(OC(=O)c3cnn(-c4ccccc4)n3)ccc2N1. The molecule has 3 aromatic rings. The third kappa shape index (κ3) is 3.12. The van der Waals surface area contributed by atoms with Gasteiger partial charge >= 0.3 is 5.97 Å². The first kappa shape index (κ1) is 15.1. The first-order chi connectivity index (χ1) is 12.2. The monoisotopic (exact) mass is 334 g/mol. The van der Waals surface area contributed by atoms with Crippen LogP contribution in [0.25, 0.3) is 5.69 Å². The summed E-state index contributed by atoms with van der Waals surface area (Å²) in [6, 6.07) is 14.4. The second-order valence-electron chi connectivity index (χ2n) is 5.61. The number of hydrogen-bond acceptors (Lipinski definition) is 5. The van der Waals surface area contributed by atoms with E-state index in [1.165, 1.54) is 11.0 Å². The van der Waals surface area contributed by atoms with E-state index in [1.54, 1.807) is 18.2 Å². The molecule has 0 radical (unpaired) electrons. The van der Waals surface area contributed by atoms with Gasteiger partial charge < -0.3 is 10.1 Å². The maximum absolute atomic E-state index is 12.3. The number of carbonyl (C=O) groups excluding carboxylic acids is 2. The molecule has 4 rings (SSSR count). The van der Waals surface area contributed by atoms with Crippen LogP contribution >= 0.6 is 0 Å². The van der Waals surface area contributed by atoms with Crippen molar-refractivity contribution in [1.82, 2.24) is 15.0 Å². The summed E-state index contributed by atoms with van der Waals surface area (Å²) in [7, 11) is 0. The van der Waals surface area contributed by atoms with Crippen molar-refractivity contribution in [1.29, 1.82) is 0 Å². The Kier molecular flexibility index (Phi) is 3.74. The minimum Gasteiger partial charge on any atom is -0.422 e. The number of nitrogens with zero attached hydrogens (tertiary/aromatic N) is 3. The number of fused-ring (bicyclic) bond motifs is 1. The number of rotatable bonds is 3. The average Bonchev–Trinajstić information content (AvgIpc) is 3.13. The lowest BCUT2D eigenvalue weighted by atomic mass is 10.0. The molecule has 2 heterocycles. The number of ether oxygens (including phenoxy) is 1. The molecule has 124 valence electrons. The van der Waals surface area contributed by atoms with Crippen molar-refractivity contribution in [2.24, 2.45) is 0 Å². The minimum absolute atomic E-state index is 0.00484. The maximum atomic E-state index is 12.3. The Morgan fingerprint density at radius 2 is 1.96 bits per heavy atom. The zero-order chi connectivity index (χ0) is 17.2. The highest BCUT2D eigenvalue weighted by Gasteiger charge is 2.18. The molecule has 0 spiro atoms. The molecule has 25 heavy (non-hydrogen) atoms. The summed E-state index contributed by atoms with van der Waals surface area (Å²) in [5, 5.41) is 11.0. The van der Waals surface area contributed by atoms with Gasteiger partial charge in [-0.15, -0.1) is 5.10 Å². The number of hydrogen-bond donors (Lipinski definition) is 1. The lowest BCUT2D eigenvalue weighted by Crippen LogP contribution is -2.19. The molecule has 7 heteroatoms. The van der Waals surface area contributed by atoms with Crippen LogP contribution in [0.5, 0.6) is 5.75 Å². The van der Waals surface area contributed by atoms with Gasteiger partial charge in [0, 0.05) is 12.1 Å². The van der Waals surface area contributed by atoms with E-state index in [-0.39, 0.29) is 11.6 Å². The summed E-state index contributed by atoms with van der Waals surface area (Å²) in [5.41, 5.74) is 2.57. The molecule has 1 aromatic heterocycles. The van der Waals surface area contributed by atoms with Gasteiger partial charge in [-0.25, -0.2) is 4.79 Å². The van der Waals surface area contributed by atoms with Crippen LogP contribution in [0.15, 0.2) is 54.7 Å². The Balaban J connectivity index is 1.51. The van der Waals surface area contributed by atoms with Crippen molar-refractivity contribution in [2.45, 2.75) is 12.8 Å². The average molecular weight is 334 g/mol. The third-order valence-electron chi connectivity index (χ3n) is 3.87. The number of aromatic nitrogens is 3. The normalized spacial score (nSPS) is 13.0. The van der Waals surface area contributed by atoms with E-state index in [2.05, 4.69) is 15.5 Å². The molecule has 1 aliphatic heterocycles. The number of para-hydroxylation sites is 1. The van der Waals surface area contributed by atoms with E-state index >= 15 is 0 Å². The standard InChI is InChI=1S/C18H14N4O3/c23-17-9-6-12-10-14(7-8-15(12)20-17)25-18(24)16-11-19-22(21-16)13-4-2-1-3-5-13/h1-5,7-8,10-11H,6,9H2,(H,20,23). The van der Waals surface area contributed by atoms with Crippen molar-refractivity contribution < 1.29 is 14.3 Å². The number of benzene rings is 2. The molecule has 1 aliphatic rings. The molecule has 1 amide bonds. The van der Waals surface area contributed by atoms with Crippen LogP contribution in [0.4, 0.5) is 5.69 Å². The topological polar surface area (TPSA) is 86.1 Å². The maximum Gasteiger partial charge on any atom is 0.365 e. The summed E-state index contributed by atoms with van der Waals surface area (Å²) in [6.07, 6.45) is 2.42. The van der Waals surface area contributed by atoms with E-state index in [0.29, 0.717) is 18.6 Å². The molecule has 0 aliphatic carbocycles. The summed E-state index contributed by atoms with van der Waals surface area (Å²) in [6.45, 7) is 0. The largest absolute Gasteiger partial charge is 0.422 e. The molecule has 0 saturated heterocycles. The predicted molar refractivity (Wildman–Crippen MR) is 89.7 cm³/mol. The van der Waals surface area contributed by atoms with Gasteiger partial charge in [-0.1, -0.05) is 18.2 Å². The van der Waals surface area contributed by atoms with Crippen molar-refractivity contribution >= 4 is 17.6 Å². The molecule has 0 saturated carbocycles. The van der Waals surface area contributed by atoms with Crippen LogP contribution in [-0.2, 0) is 11.2 Å². The molecular formula is C18H14N4O3. The van der Waals surface area contributed by atoms with Gasteiger partial charge in [0.25, 0.3) is 0 Å². The van der Waals surface area contributed by atoms with Gasteiger partial charge in [0.15, 0.2) is 5.69 Å². The zero-order valence-electron chi connectivity index (χ0n) is 13.2. The van der Waals surface area contributed by atoms with Crippen molar-refractivity contribution in [3.05, 3.63) is 66.0 Å². The third-order valence-corrected chi connectivity index (χ3v) is 3.87. The Labute approximate surface area is 143 Å². The molecule has 0 unspecified atom stereocenters. The summed E-state index contributed by atoms with van der Waals surface area (Å²) in [4.78, 5) is 25.0. The van der Waals surface area contributed by atoms with Crippen LogP contribution in [0.1, 0.15) is 22.5 Å². The van der Waals surface area contributed by atoms with E-state index in [4.69, 9.17) is 4.74 Å². The van der Waals surface area contributed by atoms with Gasteiger partial charge in [0.05, 0.1) is 11.9 Å². The second kappa shape index (κ2) is 6.20. The molecule has 0 bridgehead atoms. The molecule has 1 N–H and O–H groups in total. The number of esters is 1. The summed E-state index contributed by atoms with van der Waals surface area (Å²) in [5.74, 6) is -0.175. The van der Waals surface area contributed by atoms with Crippen LogP contribution in [0, 0.1) is 0 Å². The van der Waals surface area contributed by atoms with Crippen molar-refractivity contribution in [3.63, 3.8) is 0 Å². The highest BCUT2D eigenvalue weighted by Crippen LogP contribution is 2.27. The summed E-state index contributed by atoms with van der Waals surface area (Å²) < 4.78 is 5.38. The first-order valence-electron chi connectivity index (χ1n) is 7.82. The second-order valence-corrected chi connectivity index (χ2v) is 5.61. The quantitative estimate of drug-likeness (QED) is 0.587. The van der Waals surface area contributed by atoms with Crippen LogP contribution in [0.2, 0.25) is 0 Å². The number of nitrogens with one attached hydrogen (secondary N) is 1. The number of amides is 1. The Morgan fingerprint density at radius 1 is 1.12 bits per heavy atom. The van der Waals surface area contributed by atoms with Crippen LogP contribution in [0.3, 0.4) is 0 Å². The van der Waals surface area contributed by atoms with Crippen LogP contribution < -0.4 is 10.1 Å². The van der Waals surface area contributed by atoms with Gasteiger partial charge in [0.2, 0.25) is 5.91 Å². The van der Waals surface area contributed by atoms with E-state index < -0.39 is 5.97 Å². The first-order valence-corrected chi connectivity index (χ1v) is 7.82. The van der Waals surface area contributed by atoms with E-state index in [0.717, 1.165) is 16.9 Å². The number of aryl methyl sites for hydroxylation is 1. The molecule has 0 atom stereocenters.